The normalized spacial score (nSPS) is 21.0. The molecule has 1 atom stereocenters. The average Bonchev–Trinajstić information content (AvgIpc) is 3.13. The SMILES string of the molecule is FC(F)(F)COc1ncc(Cn2cc3c(n2)\C=C/C=C/C=C/3Cl)cc1C1C=C=C=CC1. The maximum atomic E-state index is 12.7. The van der Waals surface area contributed by atoms with Gasteiger partial charge in [-0.3, -0.25) is 4.68 Å². The second-order valence-electron chi connectivity index (χ2n) is 7.03. The molecular weight excluding hydrogens is 427 g/mol. The molecule has 0 saturated carbocycles. The van der Waals surface area contributed by atoms with Gasteiger partial charge in [0.05, 0.1) is 17.3 Å². The molecule has 0 radical (unpaired) electrons. The van der Waals surface area contributed by atoms with Crippen LogP contribution >= 0.6 is 11.6 Å². The monoisotopic (exact) mass is 443 g/mol. The highest BCUT2D eigenvalue weighted by Gasteiger charge is 2.30. The third-order valence-electron chi connectivity index (χ3n) is 4.66. The lowest BCUT2D eigenvalue weighted by Crippen LogP contribution is -2.20. The first-order chi connectivity index (χ1) is 14.9. The minimum Gasteiger partial charge on any atom is -0.468 e. The van der Waals surface area contributed by atoms with E-state index in [2.05, 4.69) is 21.5 Å². The molecule has 0 spiro atoms. The summed E-state index contributed by atoms with van der Waals surface area (Å²) in [5, 5.41) is 5.13. The molecule has 1 unspecified atom stereocenters. The van der Waals surface area contributed by atoms with Crippen molar-refractivity contribution in [2.45, 2.75) is 25.1 Å². The van der Waals surface area contributed by atoms with Gasteiger partial charge in [-0.05, 0) is 42.4 Å². The number of nitrogens with zero attached hydrogens (tertiary/aromatic N) is 3. The van der Waals surface area contributed by atoms with Crippen LogP contribution in [-0.2, 0) is 6.54 Å². The zero-order chi connectivity index (χ0) is 21.8. The van der Waals surface area contributed by atoms with Crippen molar-refractivity contribution in [3.8, 4) is 5.88 Å². The number of fused-ring (bicyclic) bond motifs is 1. The van der Waals surface area contributed by atoms with Crippen molar-refractivity contribution in [2.75, 3.05) is 6.61 Å². The lowest BCUT2D eigenvalue weighted by atomic mass is 9.94. The number of allylic oxidation sites excluding steroid dienone is 6. The average molecular weight is 444 g/mol. The smallest absolute Gasteiger partial charge is 0.422 e. The number of hydrogen-bond donors (Lipinski definition) is 0. The standard InChI is InChI=1S/C23H17ClF3N3O/c24-20-9-5-2-6-10-21-19(20)14-30(29-21)13-16-11-18(17-7-3-1-4-8-17)22(28-12-16)31-15-23(25,26)27/h2-3,5-6,8-12,14,17H,7,13,15H2/b5-2+,10-6-,20-9-. The molecule has 0 aromatic carbocycles. The molecule has 4 rings (SSSR count). The predicted molar refractivity (Wildman–Crippen MR) is 113 cm³/mol. The van der Waals surface area contributed by atoms with Gasteiger partial charge in [-0.25, -0.2) is 4.98 Å². The molecule has 0 N–H and O–H groups in total. The molecule has 2 aliphatic rings. The van der Waals surface area contributed by atoms with E-state index in [0.717, 1.165) is 16.8 Å². The van der Waals surface area contributed by atoms with Crippen LogP contribution in [0.3, 0.4) is 0 Å². The molecule has 0 bridgehead atoms. The minimum atomic E-state index is -4.44. The van der Waals surface area contributed by atoms with Crippen molar-refractivity contribution < 1.29 is 17.9 Å². The lowest BCUT2D eigenvalue weighted by molar-refractivity contribution is -0.154. The van der Waals surface area contributed by atoms with E-state index in [4.69, 9.17) is 16.3 Å². The van der Waals surface area contributed by atoms with Crippen LogP contribution in [0.2, 0.25) is 0 Å². The number of ether oxygens (including phenoxy) is 1. The Bertz CT molecular complexity index is 1180. The van der Waals surface area contributed by atoms with E-state index in [-0.39, 0.29) is 11.8 Å². The van der Waals surface area contributed by atoms with Gasteiger partial charge in [0, 0.05) is 29.4 Å². The van der Waals surface area contributed by atoms with Crippen LogP contribution in [0.4, 0.5) is 13.2 Å². The fourth-order valence-electron chi connectivity index (χ4n) is 3.27. The topological polar surface area (TPSA) is 39.9 Å². The van der Waals surface area contributed by atoms with Gasteiger partial charge in [0.15, 0.2) is 6.61 Å². The van der Waals surface area contributed by atoms with Gasteiger partial charge in [-0.1, -0.05) is 41.3 Å². The quantitative estimate of drug-likeness (QED) is 0.549. The molecule has 0 amide bonds. The first kappa shape index (κ1) is 21.0. The summed E-state index contributed by atoms with van der Waals surface area (Å²) in [5.74, 6) is -0.228. The molecule has 2 aromatic rings. The van der Waals surface area contributed by atoms with E-state index >= 15 is 0 Å². The van der Waals surface area contributed by atoms with Crippen molar-refractivity contribution in [3.05, 3.63) is 88.8 Å². The highest BCUT2D eigenvalue weighted by molar-refractivity contribution is 6.49. The summed E-state index contributed by atoms with van der Waals surface area (Å²) < 4.78 is 44.7. The molecule has 0 fully saturated rings. The molecule has 8 heteroatoms. The fraction of sp³-hybridized carbons (Fsp3) is 0.217. The molecule has 0 aliphatic heterocycles. The van der Waals surface area contributed by atoms with Crippen molar-refractivity contribution in [2.24, 2.45) is 0 Å². The molecule has 158 valence electrons. The summed E-state index contributed by atoms with van der Waals surface area (Å²) in [6, 6.07) is 1.80. The van der Waals surface area contributed by atoms with Crippen LogP contribution < -0.4 is 4.74 Å². The third kappa shape index (κ3) is 5.28. The fourth-order valence-corrected chi connectivity index (χ4v) is 3.49. The van der Waals surface area contributed by atoms with Gasteiger partial charge >= 0.3 is 6.18 Å². The number of aromatic nitrogens is 3. The number of halogens is 4. The summed E-state index contributed by atoms with van der Waals surface area (Å²) in [6.45, 7) is -1.02. The zero-order valence-electron chi connectivity index (χ0n) is 16.2. The third-order valence-corrected chi connectivity index (χ3v) is 4.99. The predicted octanol–water partition coefficient (Wildman–Crippen LogP) is 5.78. The van der Waals surface area contributed by atoms with Crippen LogP contribution in [0, 0.1) is 0 Å². The Labute approximate surface area is 182 Å². The Balaban J connectivity index is 1.63. The van der Waals surface area contributed by atoms with Crippen LogP contribution in [0.25, 0.3) is 11.1 Å². The van der Waals surface area contributed by atoms with E-state index in [0.29, 0.717) is 23.6 Å². The van der Waals surface area contributed by atoms with Gasteiger partial charge in [0.2, 0.25) is 5.88 Å². The number of rotatable bonds is 5. The van der Waals surface area contributed by atoms with E-state index in [1.807, 2.05) is 30.5 Å². The number of pyridine rings is 1. The molecule has 2 heterocycles. The Morgan fingerprint density at radius 1 is 1.23 bits per heavy atom. The second kappa shape index (κ2) is 8.86. The highest BCUT2D eigenvalue weighted by atomic mass is 35.5. The highest BCUT2D eigenvalue weighted by Crippen LogP contribution is 2.32. The summed E-state index contributed by atoms with van der Waals surface area (Å²) >= 11 is 6.34. The minimum absolute atomic E-state index is 0.0351. The maximum absolute atomic E-state index is 12.7. The van der Waals surface area contributed by atoms with Crippen molar-refractivity contribution >= 4 is 22.7 Å². The van der Waals surface area contributed by atoms with Gasteiger partial charge in [0.1, 0.15) is 0 Å². The number of hydrogen-bond acceptors (Lipinski definition) is 3. The van der Waals surface area contributed by atoms with Crippen LogP contribution in [0.5, 0.6) is 5.88 Å². The second-order valence-corrected chi connectivity index (χ2v) is 7.43. The molecule has 4 nitrogen and oxygen atoms in total. The van der Waals surface area contributed by atoms with Crippen LogP contribution in [-0.4, -0.2) is 27.5 Å². The molecular formula is C23H17ClF3N3O. The van der Waals surface area contributed by atoms with Gasteiger partial charge in [0.25, 0.3) is 0 Å². The van der Waals surface area contributed by atoms with Crippen molar-refractivity contribution in [1.82, 2.24) is 14.8 Å². The summed E-state index contributed by atoms with van der Waals surface area (Å²) in [4.78, 5) is 4.17. The molecule has 2 aromatic heterocycles. The van der Waals surface area contributed by atoms with E-state index < -0.39 is 12.8 Å². The molecule has 0 saturated heterocycles. The van der Waals surface area contributed by atoms with E-state index in [1.54, 1.807) is 29.0 Å². The number of alkyl halides is 3. The first-order valence-electron chi connectivity index (χ1n) is 9.52. The Hall–Kier alpha value is -3.24. The molecule has 2 aliphatic carbocycles. The largest absolute Gasteiger partial charge is 0.468 e. The zero-order valence-corrected chi connectivity index (χ0v) is 17.0. The molecule has 31 heavy (non-hydrogen) atoms. The van der Waals surface area contributed by atoms with Crippen LogP contribution in [0.15, 0.2) is 66.4 Å². The summed E-state index contributed by atoms with van der Waals surface area (Å²) in [5.41, 5.74) is 8.58. The first-order valence-corrected chi connectivity index (χ1v) is 9.89. The van der Waals surface area contributed by atoms with Crippen LogP contribution in [0.1, 0.15) is 34.7 Å². The summed E-state index contributed by atoms with van der Waals surface area (Å²) in [6.07, 6.45) is 12.2. The Morgan fingerprint density at radius 2 is 2.10 bits per heavy atom. The maximum Gasteiger partial charge on any atom is 0.422 e. The Morgan fingerprint density at radius 3 is 2.87 bits per heavy atom. The van der Waals surface area contributed by atoms with Gasteiger partial charge < -0.3 is 4.74 Å². The van der Waals surface area contributed by atoms with E-state index in [9.17, 15) is 13.2 Å². The van der Waals surface area contributed by atoms with E-state index in [1.165, 1.54) is 6.20 Å². The summed E-state index contributed by atoms with van der Waals surface area (Å²) in [7, 11) is 0. The Kier molecular flexibility index (Phi) is 6.01. The van der Waals surface area contributed by atoms with Gasteiger partial charge in [-0.15, -0.1) is 0 Å². The van der Waals surface area contributed by atoms with Crippen molar-refractivity contribution in [1.29, 1.82) is 0 Å². The van der Waals surface area contributed by atoms with Crippen molar-refractivity contribution in [3.63, 3.8) is 0 Å². The van der Waals surface area contributed by atoms with Gasteiger partial charge in [-0.2, -0.15) is 18.3 Å². The lowest BCUT2D eigenvalue weighted by Gasteiger charge is -2.18.